The van der Waals surface area contributed by atoms with Crippen molar-refractivity contribution in [2.24, 2.45) is 0 Å². The van der Waals surface area contributed by atoms with E-state index in [-0.39, 0.29) is 5.56 Å². The van der Waals surface area contributed by atoms with Crippen molar-refractivity contribution in [3.63, 3.8) is 0 Å². The van der Waals surface area contributed by atoms with Crippen LogP contribution >= 0.6 is 11.3 Å². The molecule has 0 aliphatic heterocycles. The first kappa shape index (κ1) is 13.6. The minimum Gasteiger partial charge on any atom is -0.478 e. The fourth-order valence-corrected chi connectivity index (χ4v) is 3.07. The van der Waals surface area contributed by atoms with Gasteiger partial charge in [0.15, 0.2) is 0 Å². The highest BCUT2D eigenvalue weighted by Crippen LogP contribution is 2.31. The first-order chi connectivity index (χ1) is 10.1. The number of hydrogen-bond acceptors (Lipinski definition) is 3. The van der Waals surface area contributed by atoms with Crippen molar-refractivity contribution in [1.82, 2.24) is 9.78 Å². The van der Waals surface area contributed by atoms with Gasteiger partial charge in [-0.25, -0.2) is 9.48 Å². The molecule has 0 amide bonds. The van der Waals surface area contributed by atoms with Crippen molar-refractivity contribution < 1.29 is 9.90 Å². The third-order valence-electron chi connectivity index (χ3n) is 3.32. The summed E-state index contributed by atoms with van der Waals surface area (Å²) in [4.78, 5) is 12.4. The Hall–Kier alpha value is -2.40. The average Bonchev–Trinajstić information content (AvgIpc) is 3.05. The smallest absolute Gasteiger partial charge is 0.339 e. The summed E-state index contributed by atoms with van der Waals surface area (Å²) in [7, 11) is 0. The number of carbonyl (C=O) groups is 1. The van der Waals surface area contributed by atoms with Gasteiger partial charge >= 0.3 is 5.97 Å². The van der Waals surface area contributed by atoms with Crippen LogP contribution in [-0.4, -0.2) is 20.9 Å². The van der Waals surface area contributed by atoms with E-state index in [1.807, 2.05) is 49.6 Å². The molecule has 2 heterocycles. The number of aromatic carboxylic acids is 1. The third kappa shape index (κ3) is 2.48. The van der Waals surface area contributed by atoms with Crippen molar-refractivity contribution in [2.45, 2.75) is 13.8 Å². The van der Waals surface area contributed by atoms with Gasteiger partial charge in [-0.2, -0.15) is 5.10 Å². The minimum absolute atomic E-state index is 0.223. The highest BCUT2D eigenvalue weighted by molar-refractivity contribution is 7.13. The Kier molecular flexibility index (Phi) is 3.35. The molecule has 0 saturated carbocycles. The molecule has 2 aromatic heterocycles. The van der Waals surface area contributed by atoms with Crippen LogP contribution in [0, 0.1) is 13.8 Å². The van der Waals surface area contributed by atoms with E-state index in [2.05, 4.69) is 5.10 Å². The molecule has 3 rings (SSSR count). The minimum atomic E-state index is -0.962. The van der Waals surface area contributed by atoms with Crippen LogP contribution in [0.1, 0.15) is 21.5 Å². The van der Waals surface area contributed by atoms with Gasteiger partial charge < -0.3 is 5.11 Å². The molecule has 0 aliphatic carbocycles. The van der Waals surface area contributed by atoms with E-state index >= 15 is 0 Å². The second-order valence-corrected chi connectivity index (χ2v) is 5.83. The first-order valence-electron chi connectivity index (χ1n) is 6.51. The molecule has 0 radical (unpaired) electrons. The number of carboxylic acid groups (broad SMARTS) is 1. The van der Waals surface area contributed by atoms with E-state index in [9.17, 15) is 9.90 Å². The van der Waals surface area contributed by atoms with Crippen LogP contribution in [0.3, 0.4) is 0 Å². The Morgan fingerprint density at radius 2 is 1.90 bits per heavy atom. The molecule has 0 atom stereocenters. The molecule has 0 fully saturated rings. The van der Waals surface area contributed by atoms with Crippen LogP contribution < -0.4 is 0 Å². The lowest BCUT2D eigenvalue weighted by atomic mass is 10.1. The normalized spacial score (nSPS) is 10.8. The van der Waals surface area contributed by atoms with E-state index in [1.165, 1.54) is 11.3 Å². The Labute approximate surface area is 126 Å². The van der Waals surface area contributed by atoms with Gasteiger partial charge in [-0.15, -0.1) is 11.3 Å². The summed E-state index contributed by atoms with van der Waals surface area (Å²) in [6, 6.07) is 9.79. The standard InChI is InChI=1S/C16H14N2O2S/c1-10-3-5-12(6-4-10)18-9-13(16(19)20)14(17-18)15-11(2)7-8-21-15/h3-9H,1-2H3,(H,19,20). The van der Waals surface area contributed by atoms with E-state index in [1.54, 1.807) is 10.9 Å². The summed E-state index contributed by atoms with van der Waals surface area (Å²) in [6.45, 7) is 3.97. The van der Waals surface area contributed by atoms with Gasteiger partial charge in [0.1, 0.15) is 11.3 Å². The summed E-state index contributed by atoms with van der Waals surface area (Å²) in [5, 5.41) is 15.8. The van der Waals surface area contributed by atoms with Gasteiger partial charge in [0, 0.05) is 6.20 Å². The van der Waals surface area contributed by atoms with Crippen molar-refractivity contribution in [1.29, 1.82) is 0 Å². The maximum atomic E-state index is 11.5. The number of carboxylic acids is 1. The second-order valence-electron chi connectivity index (χ2n) is 4.91. The summed E-state index contributed by atoms with van der Waals surface area (Å²) >= 11 is 1.51. The SMILES string of the molecule is Cc1ccc(-n2cc(C(=O)O)c(-c3sccc3C)n2)cc1. The summed E-state index contributed by atoms with van der Waals surface area (Å²) < 4.78 is 1.62. The molecule has 5 heteroatoms. The van der Waals surface area contributed by atoms with Crippen LogP contribution in [0.15, 0.2) is 41.9 Å². The topological polar surface area (TPSA) is 55.1 Å². The predicted octanol–water partition coefficient (Wildman–Crippen LogP) is 3.92. The fourth-order valence-electron chi connectivity index (χ4n) is 2.14. The quantitative estimate of drug-likeness (QED) is 0.797. The third-order valence-corrected chi connectivity index (χ3v) is 4.34. The predicted molar refractivity (Wildman–Crippen MR) is 83.3 cm³/mol. The molecule has 106 valence electrons. The average molecular weight is 298 g/mol. The first-order valence-corrected chi connectivity index (χ1v) is 7.38. The lowest BCUT2D eigenvalue weighted by molar-refractivity contribution is 0.0697. The van der Waals surface area contributed by atoms with E-state index in [0.717, 1.165) is 21.7 Å². The van der Waals surface area contributed by atoms with Crippen LogP contribution in [0.25, 0.3) is 16.3 Å². The fraction of sp³-hybridized carbons (Fsp3) is 0.125. The van der Waals surface area contributed by atoms with E-state index in [4.69, 9.17) is 0 Å². The number of hydrogen-bond donors (Lipinski definition) is 1. The molecular weight excluding hydrogens is 284 g/mol. The molecule has 0 bridgehead atoms. The van der Waals surface area contributed by atoms with Gasteiger partial charge in [0.05, 0.1) is 10.6 Å². The number of rotatable bonds is 3. The molecule has 3 aromatic rings. The van der Waals surface area contributed by atoms with Gasteiger partial charge in [-0.3, -0.25) is 0 Å². The van der Waals surface area contributed by atoms with Crippen molar-refractivity contribution in [3.8, 4) is 16.3 Å². The highest BCUT2D eigenvalue weighted by atomic mass is 32.1. The Balaban J connectivity index is 2.15. The molecule has 21 heavy (non-hydrogen) atoms. The molecule has 0 saturated heterocycles. The number of thiophene rings is 1. The summed E-state index contributed by atoms with van der Waals surface area (Å²) in [6.07, 6.45) is 1.57. The van der Waals surface area contributed by atoms with Gasteiger partial charge in [0.25, 0.3) is 0 Å². The number of benzene rings is 1. The second kappa shape index (κ2) is 5.18. The maximum absolute atomic E-state index is 11.5. The molecule has 1 aromatic carbocycles. The van der Waals surface area contributed by atoms with Gasteiger partial charge in [0.2, 0.25) is 0 Å². The highest BCUT2D eigenvalue weighted by Gasteiger charge is 2.19. The number of aromatic nitrogens is 2. The zero-order valence-corrected chi connectivity index (χ0v) is 12.5. The van der Waals surface area contributed by atoms with E-state index < -0.39 is 5.97 Å². The van der Waals surface area contributed by atoms with Crippen molar-refractivity contribution in [2.75, 3.05) is 0 Å². The van der Waals surface area contributed by atoms with Gasteiger partial charge in [-0.1, -0.05) is 17.7 Å². The van der Waals surface area contributed by atoms with Crippen LogP contribution in [0.5, 0.6) is 0 Å². The number of nitrogens with zero attached hydrogens (tertiary/aromatic N) is 2. The largest absolute Gasteiger partial charge is 0.478 e. The van der Waals surface area contributed by atoms with Crippen LogP contribution in [0.4, 0.5) is 0 Å². The van der Waals surface area contributed by atoms with Crippen molar-refractivity contribution >= 4 is 17.3 Å². The van der Waals surface area contributed by atoms with Gasteiger partial charge in [-0.05, 0) is 43.0 Å². The number of aryl methyl sites for hydroxylation is 2. The Morgan fingerprint density at radius 1 is 1.19 bits per heavy atom. The summed E-state index contributed by atoms with van der Waals surface area (Å²) in [5.41, 5.74) is 3.79. The molecule has 4 nitrogen and oxygen atoms in total. The lowest BCUT2D eigenvalue weighted by Gasteiger charge is -2.01. The zero-order valence-electron chi connectivity index (χ0n) is 11.7. The lowest BCUT2D eigenvalue weighted by Crippen LogP contribution is -1.96. The van der Waals surface area contributed by atoms with E-state index in [0.29, 0.717) is 5.69 Å². The Bertz CT molecular complexity index is 800. The molecule has 1 N–H and O–H groups in total. The van der Waals surface area contributed by atoms with Crippen LogP contribution in [-0.2, 0) is 0 Å². The maximum Gasteiger partial charge on any atom is 0.339 e. The Morgan fingerprint density at radius 3 is 2.48 bits per heavy atom. The monoisotopic (exact) mass is 298 g/mol. The molecule has 0 aliphatic rings. The van der Waals surface area contributed by atoms with Crippen LogP contribution in [0.2, 0.25) is 0 Å². The molecule has 0 unspecified atom stereocenters. The molecular formula is C16H14N2O2S. The molecule has 0 spiro atoms. The summed E-state index contributed by atoms with van der Waals surface area (Å²) in [5.74, 6) is -0.962. The zero-order chi connectivity index (χ0) is 15.0. The van der Waals surface area contributed by atoms with Crippen molar-refractivity contribution in [3.05, 3.63) is 58.6 Å².